The second-order valence-electron chi connectivity index (χ2n) is 5.73. The quantitative estimate of drug-likeness (QED) is 0.540. The van der Waals surface area contributed by atoms with Crippen molar-refractivity contribution < 1.29 is 4.92 Å². The Labute approximate surface area is 137 Å². The average molecular weight is 328 g/mol. The molecule has 3 heterocycles. The van der Waals surface area contributed by atoms with E-state index in [1.165, 1.54) is 29.6 Å². The lowest BCUT2D eigenvalue weighted by Gasteiger charge is -2.17. The number of imidazole rings is 1. The zero-order valence-corrected chi connectivity index (χ0v) is 13.5. The van der Waals surface area contributed by atoms with Crippen molar-refractivity contribution in [2.75, 3.05) is 18.0 Å². The van der Waals surface area contributed by atoms with Gasteiger partial charge in [-0.25, -0.2) is 4.98 Å². The normalized spacial score (nSPS) is 14.7. The minimum atomic E-state index is -0.352. The van der Waals surface area contributed by atoms with Gasteiger partial charge in [-0.05, 0) is 25.8 Å². The van der Waals surface area contributed by atoms with Gasteiger partial charge in [0, 0.05) is 30.2 Å². The van der Waals surface area contributed by atoms with Crippen LogP contribution in [0.3, 0.4) is 0 Å². The Morgan fingerprint density at radius 3 is 2.74 bits per heavy atom. The first-order chi connectivity index (χ1) is 11.1. The van der Waals surface area contributed by atoms with Crippen LogP contribution < -0.4 is 4.90 Å². The Balaban J connectivity index is 1.86. The van der Waals surface area contributed by atoms with Crippen molar-refractivity contribution in [1.29, 1.82) is 0 Å². The topological polar surface area (TPSA) is 63.7 Å². The Morgan fingerprint density at radius 2 is 2.00 bits per heavy atom. The number of para-hydroxylation sites is 1. The largest absolute Gasteiger partial charge is 0.357 e. The van der Waals surface area contributed by atoms with Crippen LogP contribution in [0, 0.1) is 17.0 Å². The highest BCUT2D eigenvalue weighted by Gasteiger charge is 2.23. The average Bonchev–Trinajstić information content (AvgIpc) is 3.23. The third-order valence-electron chi connectivity index (χ3n) is 4.24. The van der Waals surface area contributed by atoms with E-state index in [0.29, 0.717) is 11.3 Å². The first-order valence-electron chi connectivity index (χ1n) is 7.62. The van der Waals surface area contributed by atoms with Gasteiger partial charge in [0.25, 0.3) is 5.69 Å². The molecule has 1 aliphatic heterocycles. The van der Waals surface area contributed by atoms with E-state index in [-0.39, 0.29) is 10.6 Å². The number of aromatic nitrogens is 2. The zero-order chi connectivity index (χ0) is 16.0. The number of aryl methyl sites for hydroxylation is 1. The third-order valence-corrected chi connectivity index (χ3v) is 5.20. The minimum absolute atomic E-state index is 0.0951. The molecule has 0 unspecified atom stereocenters. The number of anilines is 1. The summed E-state index contributed by atoms with van der Waals surface area (Å²) in [6.45, 7) is 4.23. The minimum Gasteiger partial charge on any atom is -0.357 e. The molecule has 1 aromatic carbocycles. The number of benzene rings is 1. The molecule has 0 amide bonds. The van der Waals surface area contributed by atoms with E-state index < -0.39 is 0 Å². The highest BCUT2D eigenvalue weighted by atomic mass is 32.1. The van der Waals surface area contributed by atoms with Crippen molar-refractivity contribution >= 4 is 27.8 Å². The Hall–Kier alpha value is -2.41. The Morgan fingerprint density at radius 1 is 1.26 bits per heavy atom. The Bertz CT molecular complexity index is 893. The number of hydrogen-bond acceptors (Lipinski definition) is 5. The SMILES string of the molecule is Cc1sc2nc(-c3ccccc3[N+](=O)[O-])cn2c1N1CCCC1. The lowest BCUT2D eigenvalue weighted by molar-refractivity contribution is -0.384. The van der Waals surface area contributed by atoms with Gasteiger partial charge in [-0.3, -0.25) is 14.5 Å². The van der Waals surface area contributed by atoms with Crippen LogP contribution in [0.25, 0.3) is 16.2 Å². The standard InChI is InChI=1S/C16H16N4O2S/c1-11-15(18-8-4-5-9-18)19-10-13(17-16(19)23-11)12-6-2-3-7-14(12)20(21)22/h2-3,6-7,10H,4-5,8-9H2,1H3. The lowest BCUT2D eigenvalue weighted by atomic mass is 10.1. The van der Waals surface area contributed by atoms with E-state index in [0.717, 1.165) is 18.1 Å². The van der Waals surface area contributed by atoms with Crippen molar-refractivity contribution in [2.24, 2.45) is 0 Å². The van der Waals surface area contributed by atoms with Gasteiger partial charge in [-0.2, -0.15) is 0 Å². The predicted octanol–water partition coefficient (Wildman–Crippen LogP) is 3.88. The summed E-state index contributed by atoms with van der Waals surface area (Å²) < 4.78 is 2.08. The van der Waals surface area contributed by atoms with Crippen LogP contribution in [0.4, 0.5) is 11.5 Å². The second kappa shape index (κ2) is 5.34. The van der Waals surface area contributed by atoms with E-state index in [9.17, 15) is 10.1 Å². The van der Waals surface area contributed by atoms with Crippen molar-refractivity contribution in [2.45, 2.75) is 19.8 Å². The summed E-state index contributed by atoms with van der Waals surface area (Å²) in [6.07, 6.45) is 4.35. The third kappa shape index (κ3) is 2.28. The number of nitro benzene ring substituents is 1. The molecule has 0 spiro atoms. The lowest BCUT2D eigenvalue weighted by Crippen LogP contribution is -2.19. The van der Waals surface area contributed by atoms with Gasteiger partial charge in [0.1, 0.15) is 5.82 Å². The number of thiazole rings is 1. The number of hydrogen-bond donors (Lipinski definition) is 0. The molecule has 1 aliphatic rings. The molecule has 1 saturated heterocycles. The van der Waals surface area contributed by atoms with Crippen LogP contribution in [0.15, 0.2) is 30.5 Å². The molecular weight excluding hydrogens is 312 g/mol. The summed E-state index contributed by atoms with van der Waals surface area (Å²) in [5.41, 5.74) is 1.32. The fraction of sp³-hybridized carbons (Fsp3) is 0.312. The van der Waals surface area contributed by atoms with Crippen molar-refractivity contribution in [1.82, 2.24) is 9.38 Å². The van der Waals surface area contributed by atoms with Gasteiger partial charge in [-0.15, -0.1) is 0 Å². The van der Waals surface area contributed by atoms with Crippen LogP contribution in [0.2, 0.25) is 0 Å². The molecule has 4 rings (SSSR count). The smallest absolute Gasteiger partial charge is 0.278 e. The summed E-state index contributed by atoms with van der Waals surface area (Å²) in [5.74, 6) is 1.18. The summed E-state index contributed by atoms with van der Waals surface area (Å²) in [5, 5.41) is 11.2. The number of fused-ring (bicyclic) bond motifs is 1. The van der Waals surface area contributed by atoms with E-state index >= 15 is 0 Å². The van der Waals surface area contributed by atoms with Gasteiger partial charge in [-0.1, -0.05) is 23.5 Å². The van der Waals surface area contributed by atoms with Crippen molar-refractivity contribution in [3.63, 3.8) is 0 Å². The summed E-state index contributed by atoms with van der Waals surface area (Å²) >= 11 is 1.64. The highest BCUT2D eigenvalue weighted by Crippen LogP contribution is 2.36. The molecule has 3 aromatic rings. The maximum absolute atomic E-state index is 11.2. The van der Waals surface area contributed by atoms with Crippen LogP contribution >= 0.6 is 11.3 Å². The fourth-order valence-electron chi connectivity index (χ4n) is 3.22. The molecule has 0 bridgehead atoms. The molecule has 6 nitrogen and oxygen atoms in total. The molecule has 7 heteroatoms. The number of nitrogens with zero attached hydrogens (tertiary/aromatic N) is 4. The number of nitro groups is 1. The van der Waals surface area contributed by atoms with Crippen LogP contribution in [0.1, 0.15) is 17.7 Å². The van der Waals surface area contributed by atoms with E-state index in [1.54, 1.807) is 23.5 Å². The second-order valence-corrected chi connectivity index (χ2v) is 6.91. The first kappa shape index (κ1) is 14.2. The summed E-state index contributed by atoms with van der Waals surface area (Å²) in [6, 6.07) is 6.77. The molecule has 2 aromatic heterocycles. The van der Waals surface area contributed by atoms with Crippen molar-refractivity contribution in [3.05, 3.63) is 45.5 Å². The molecule has 1 fully saturated rings. The maximum Gasteiger partial charge on any atom is 0.278 e. The monoisotopic (exact) mass is 328 g/mol. The van der Waals surface area contributed by atoms with E-state index in [2.05, 4.69) is 21.2 Å². The van der Waals surface area contributed by atoms with Gasteiger partial charge in [0.05, 0.1) is 16.2 Å². The molecule has 0 saturated carbocycles. The van der Waals surface area contributed by atoms with Gasteiger partial charge >= 0.3 is 0 Å². The molecule has 0 N–H and O–H groups in total. The van der Waals surface area contributed by atoms with E-state index in [4.69, 9.17) is 0 Å². The van der Waals surface area contributed by atoms with Crippen molar-refractivity contribution in [3.8, 4) is 11.3 Å². The zero-order valence-electron chi connectivity index (χ0n) is 12.7. The first-order valence-corrected chi connectivity index (χ1v) is 8.44. The molecule has 0 radical (unpaired) electrons. The van der Waals surface area contributed by atoms with Gasteiger partial charge < -0.3 is 4.90 Å². The van der Waals surface area contributed by atoms with E-state index in [1.807, 2.05) is 12.3 Å². The van der Waals surface area contributed by atoms with Gasteiger partial charge in [0.2, 0.25) is 0 Å². The number of rotatable bonds is 3. The Kier molecular flexibility index (Phi) is 3.30. The highest BCUT2D eigenvalue weighted by molar-refractivity contribution is 7.17. The summed E-state index contributed by atoms with van der Waals surface area (Å²) in [7, 11) is 0. The predicted molar refractivity (Wildman–Crippen MR) is 91.3 cm³/mol. The fourth-order valence-corrected chi connectivity index (χ4v) is 4.20. The van der Waals surface area contributed by atoms with Crippen LogP contribution in [0.5, 0.6) is 0 Å². The molecule has 0 aliphatic carbocycles. The van der Waals surface area contributed by atoms with Crippen LogP contribution in [-0.2, 0) is 0 Å². The van der Waals surface area contributed by atoms with Crippen LogP contribution in [-0.4, -0.2) is 27.4 Å². The molecule has 23 heavy (non-hydrogen) atoms. The van der Waals surface area contributed by atoms with Gasteiger partial charge in [0.15, 0.2) is 4.96 Å². The molecule has 118 valence electrons. The molecular formula is C16H16N4O2S. The molecule has 0 atom stereocenters. The maximum atomic E-state index is 11.2. The summed E-state index contributed by atoms with van der Waals surface area (Å²) in [4.78, 5) is 20.0.